The first-order valence-corrected chi connectivity index (χ1v) is 5.21. The fourth-order valence-corrected chi connectivity index (χ4v) is 2.11. The van der Waals surface area contributed by atoms with Crippen molar-refractivity contribution < 1.29 is 15.0 Å². The number of aromatic nitrogens is 2. The fourth-order valence-electron chi connectivity index (χ4n) is 2.11. The molecular weight excluding hydrogens is 210 g/mol. The van der Waals surface area contributed by atoms with E-state index in [4.69, 9.17) is 5.11 Å². The van der Waals surface area contributed by atoms with E-state index >= 15 is 0 Å². The maximum absolute atomic E-state index is 10.7. The number of aryl methyl sites for hydroxylation is 1. The monoisotopic (exact) mass is 225 g/mol. The zero-order chi connectivity index (χ0) is 11.8. The van der Waals surface area contributed by atoms with Gasteiger partial charge >= 0.3 is 6.09 Å². The quantitative estimate of drug-likeness (QED) is 0.724. The molecule has 2 rings (SSSR count). The second-order valence-corrected chi connectivity index (χ2v) is 4.16. The van der Waals surface area contributed by atoms with Gasteiger partial charge in [0.2, 0.25) is 0 Å². The molecular formula is C10H15N3O3. The number of hydrogen-bond donors (Lipinski definition) is 2. The minimum absolute atomic E-state index is 0.346. The van der Waals surface area contributed by atoms with Crippen LogP contribution in [0.15, 0.2) is 12.4 Å². The minimum atomic E-state index is -0.996. The van der Waals surface area contributed by atoms with E-state index in [0.29, 0.717) is 31.8 Å². The molecule has 1 aliphatic rings. The third kappa shape index (κ3) is 1.76. The summed E-state index contributed by atoms with van der Waals surface area (Å²) in [6.07, 6.45) is 3.27. The number of likely N-dealkylation sites (tertiary alicyclic amines) is 1. The van der Waals surface area contributed by atoms with Gasteiger partial charge in [0.15, 0.2) is 0 Å². The summed E-state index contributed by atoms with van der Waals surface area (Å²) in [6.45, 7) is 0.692. The van der Waals surface area contributed by atoms with Crippen LogP contribution < -0.4 is 0 Å². The van der Waals surface area contributed by atoms with Crippen molar-refractivity contribution in [3.05, 3.63) is 18.2 Å². The van der Waals surface area contributed by atoms with Gasteiger partial charge in [-0.1, -0.05) is 0 Å². The number of amides is 1. The lowest BCUT2D eigenvalue weighted by atomic mass is 9.90. The SMILES string of the molecule is Cn1ccnc1C1(O)CCN(C(=O)O)CC1. The van der Waals surface area contributed by atoms with E-state index in [9.17, 15) is 9.90 Å². The molecule has 1 amide bonds. The van der Waals surface area contributed by atoms with Gasteiger partial charge < -0.3 is 19.7 Å². The number of nitrogens with zero attached hydrogens (tertiary/aromatic N) is 3. The van der Waals surface area contributed by atoms with Crippen LogP contribution >= 0.6 is 0 Å². The van der Waals surface area contributed by atoms with Crippen molar-refractivity contribution in [3.63, 3.8) is 0 Å². The van der Waals surface area contributed by atoms with E-state index in [1.54, 1.807) is 17.0 Å². The number of imidazole rings is 1. The van der Waals surface area contributed by atoms with Gasteiger partial charge in [0.05, 0.1) is 0 Å². The number of rotatable bonds is 1. The lowest BCUT2D eigenvalue weighted by molar-refractivity contribution is -0.0302. The standard InChI is InChI=1S/C10H15N3O3/c1-12-7-4-11-8(12)10(16)2-5-13(6-3-10)9(14)15/h4,7,16H,2-3,5-6H2,1H3,(H,14,15). The molecule has 1 aromatic rings. The third-order valence-electron chi connectivity index (χ3n) is 3.10. The number of piperidine rings is 1. The Kier molecular flexibility index (Phi) is 2.59. The summed E-state index contributed by atoms with van der Waals surface area (Å²) in [6, 6.07) is 0. The molecule has 1 saturated heterocycles. The Morgan fingerprint density at radius 3 is 2.56 bits per heavy atom. The van der Waals surface area contributed by atoms with Gasteiger partial charge in [0, 0.05) is 45.4 Å². The molecule has 0 aliphatic carbocycles. The van der Waals surface area contributed by atoms with E-state index in [-0.39, 0.29) is 0 Å². The summed E-state index contributed by atoms with van der Waals surface area (Å²) in [5.41, 5.74) is -0.996. The molecule has 1 aromatic heterocycles. The highest BCUT2D eigenvalue weighted by molar-refractivity contribution is 5.65. The Hall–Kier alpha value is -1.56. The van der Waals surface area contributed by atoms with Crippen LogP contribution in [0.25, 0.3) is 0 Å². The summed E-state index contributed by atoms with van der Waals surface area (Å²) in [5.74, 6) is 0.609. The zero-order valence-electron chi connectivity index (χ0n) is 9.13. The molecule has 0 spiro atoms. The minimum Gasteiger partial charge on any atom is -0.465 e. The van der Waals surface area contributed by atoms with Crippen LogP contribution in [-0.4, -0.2) is 43.8 Å². The van der Waals surface area contributed by atoms with Gasteiger partial charge in [-0.25, -0.2) is 9.78 Å². The molecule has 6 nitrogen and oxygen atoms in total. The van der Waals surface area contributed by atoms with Crippen LogP contribution in [0.4, 0.5) is 4.79 Å². The number of carbonyl (C=O) groups is 1. The van der Waals surface area contributed by atoms with Gasteiger partial charge in [-0.2, -0.15) is 0 Å². The van der Waals surface area contributed by atoms with Gasteiger partial charge in [-0.05, 0) is 0 Å². The van der Waals surface area contributed by atoms with Gasteiger partial charge in [0.25, 0.3) is 0 Å². The first kappa shape index (κ1) is 10.9. The van der Waals surface area contributed by atoms with E-state index < -0.39 is 11.7 Å². The second-order valence-electron chi connectivity index (χ2n) is 4.16. The summed E-state index contributed by atoms with van der Waals surface area (Å²) in [7, 11) is 1.82. The molecule has 88 valence electrons. The van der Waals surface area contributed by atoms with Crippen LogP contribution in [0.3, 0.4) is 0 Å². The summed E-state index contributed by atoms with van der Waals surface area (Å²) in [5, 5.41) is 19.2. The molecule has 1 aliphatic heterocycles. The normalized spacial score (nSPS) is 19.8. The van der Waals surface area contributed by atoms with Crippen molar-refractivity contribution in [2.75, 3.05) is 13.1 Å². The van der Waals surface area contributed by atoms with Crippen molar-refractivity contribution in [1.29, 1.82) is 0 Å². The average Bonchev–Trinajstić information content (AvgIpc) is 2.66. The van der Waals surface area contributed by atoms with Crippen molar-refractivity contribution in [2.24, 2.45) is 7.05 Å². The van der Waals surface area contributed by atoms with Crippen LogP contribution in [0, 0.1) is 0 Å². The van der Waals surface area contributed by atoms with Crippen molar-refractivity contribution >= 4 is 6.09 Å². The first-order valence-electron chi connectivity index (χ1n) is 5.21. The van der Waals surface area contributed by atoms with Crippen molar-refractivity contribution in [2.45, 2.75) is 18.4 Å². The van der Waals surface area contributed by atoms with E-state index in [2.05, 4.69) is 4.98 Å². The Morgan fingerprint density at radius 2 is 2.12 bits per heavy atom. The van der Waals surface area contributed by atoms with E-state index in [1.165, 1.54) is 4.90 Å². The molecule has 2 N–H and O–H groups in total. The summed E-state index contributed by atoms with van der Waals surface area (Å²) < 4.78 is 1.77. The fraction of sp³-hybridized carbons (Fsp3) is 0.600. The smallest absolute Gasteiger partial charge is 0.407 e. The molecule has 6 heteroatoms. The van der Waals surface area contributed by atoms with Gasteiger partial charge in [-0.15, -0.1) is 0 Å². The molecule has 0 radical (unpaired) electrons. The van der Waals surface area contributed by atoms with Crippen LogP contribution in [0.2, 0.25) is 0 Å². The highest BCUT2D eigenvalue weighted by atomic mass is 16.4. The van der Waals surface area contributed by atoms with E-state index in [1.807, 2.05) is 7.05 Å². The van der Waals surface area contributed by atoms with Crippen LogP contribution in [0.5, 0.6) is 0 Å². The molecule has 16 heavy (non-hydrogen) atoms. The van der Waals surface area contributed by atoms with Gasteiger partial charge in [0.1, 0.15) is 11.4 Å². The molecule has 2 heterocycles. The Labute approximate surface area is 93.1 Å². The predicted molar refractivity (Wildman–Crippen MR) is 55.9 cm³/mol. The number of carboxylic acid groups (broad SMARTS) is 1. The predicted octanol–water partition coefficient (Wildman–Crippen LogP) is 0.381. The molecule has 0 atom stereocenters. The highest BCUT2D eigenvalue weighted by Crippen LogP contribution is 2.31. The summed E-state index contributed by atoms with van der Waals surface area (Å²) in [4.78, 5) is 16.2. The molecule has 0 bridgehead atoms. The van der Waals surface area contributed by atoms with Crippen LogP contribution in [-0.2, 0) is 12.6 Å². The lowest BCUT2D eigenvalue weighted by Gasteiger charge is -2.36. The largest absolute Gasteiger partial charge is 0.465 e. The average molecular weight is 225 g/mol. The van der Waals surface area contributed by atoms with Crippen molar-refractivity contribution in [1.82, 2.24) is 14.5 Å². The van der Waals surface area contributed by atoms with Gasteiger partial charge in [-0.3, -0.25) is 0 Å². The molecule has 1 fully saturated rings. The number of aliphatic hydroxyl groups is 1. The number of hydrogen-bond acceptors (Lipinski definition) is 3. The summed E-state index contributed by atoms with van der Waals surface area (Å²) >= 11 is 0. The Bertz CT molecular complexity index is 394. The second kappa shape index (κ2) is 3.79. The maximum atomic E-state index is 10.7. The van der Waals surface area contributed by atoms with Crippen molar-refractivity contribution in [3.8, 4) is 0 Å². The Balaban J connectivity index is 2.13. The lowest BCUT2D eigenvalue weighted by Crippen LogP contribution is -2.45. The molecule has 0 aromatic carbocycles. The highest BCUT2D eigenvalue weighted by Gasteiger charge is 2.38. The Morgan fingerprint density at radius 1 is 1.50 bits per heavy atom. The maximum Gasteiger partial charge on any atom is 0.407 e. The third-order valence-corrected chi connectivity index (χ3v) is 3.10. The zero-order valence-corrected chi connectivity index (χ0v) is 9.13. The molecule has 0 saturated carbocycles. The van der Waals surface area contributed by atoms with Crippen LogP contribution in [0.1, 0.15) is 18.7 Å². The first-order chi connectivity index (χ1) is 7.53. The van der Waals surface area contributed by atoms with E-state index in [0.717, 1.165) is 0 Å². The molecule has 0 unspecified atom stereocenters. The topological polar surface area (TPSA) is 78.6 Å².